The predicted octanol–water partition coefficient (Wildman–Crippen LogP) is 3.25. The quantitative estimate of drug-likeness (QED) is 0.703. The van der Waals surface area contributed by atoms with E-state index in [1.54, 1.807) is 31.6 Å². The van der Waals surface area contributed by atoms with Crippen molar-refractivity contribution in [1.82, 2.24) is 15.2 Å². The highest BCUT2D eigenvalue weighted by atomic mass is 35.5. The largest absolute Gasteiger partial charge is 0.481 e. The van der Waals surface area contributed by atoms with E-state index in [2.05, 4.69) is 20.5 Å². The molecule has 8 nitrogen and oxygen atoms in total. The fraction of sp³-hybridized carbons (Fsp3) is 0.222. The van der Waals surface area contributed by atoms with Crippen LogP contribution in [0.5, 0.6) is 5.75 Å². The third kappa shape index (κ3) is 3.43. The lowest BCUT2D eigenvalue weighted by Crippen LogP contribution is -2.36. The molecule has 0 spiro atoms. The molecule has 2 amide bonds. The number of aromatic amines is 1. The summed E-state index contributed by atoms with van der Waals surface area (Å²) in [4.78, 5) is 30.1. The first-order valence-electron chi connectivity index (χ1n) is 8.37. The zero-order chi connectivity index (χ0) is 19.6. The summed E-state index contributed by atoms with van der Waals surface area (Å²) in [5, 5.41) is 10.5. The Hall–Kier alpha value is -3.13. The van der Waals surface area contributed by atoms with E-state index in [1.807, 2.05) is 13.8 Å². The summed E-state index contributed by atoms with van der Waals surface area (Å²) >= 11 is 6.12. The first-order valence-corrected chi connectivity index (χ1v) is 8.74. The number of H-pyrrole nitrogens is 1. The van der Waals surface area contributed by atoms with Gasteiger partial charge in [-0.15, -0.1) is 0 Å². The van der Waals surface area contributed by atoms with Crippen LogP contribution in [0.4, 0.5) is 11.4 Å². The van der Waals surface area contributed by atoms with Gasteiger partial charge in [0.05, 0.1) is 28.5 Å². The zero-order valence-electron chi connectivity index (χ0n) is 15.0. The predicted molar refractivity (Wildman–Crippen MR) is 104 cm³/mol. The molecule has 1 aliphatic heterocycles. The Balaban J connectivity index is 0.00000102. The van der Waals surface area contributed by atoms with Gasteiger partial charge < -0.3 is 15.0 Å². The maximum atomic E-state index is 12.8. The van der Waals surface area contributed by atoms with Gasteiger partial charge in [-0.3, -0.25) is 14.7 Å². The van der Waals surface area contributed by atoms with Crippen LogP contribution >= 0.6 is 11.6 Å². The molecule has 0 saturated carbocycles. The lowest BCUT2D eigenvalue weighted by Gasteiger charge is -2.27. The SMILES string of the molecule is CC.CN1C(=O)COc2c(C(=O)Nc3ccnc4[nH]ncc34)cc(Cl)cc21. The van der Waals surface area contributed by atoms with E-state index in [9.17, 15) is 9.59 Å². The summed E-state index contributed by atoms with van der Waals surface area (Å²) in [6.45, 7) is 3.87. The Kier molecular flexibility index (Phi) is 5.27. The van der Waals surface area contributed by atoms with E-state index in [4.69, 9.17) is 16.3 Å². The number of rotatable bonds is 2. The minimum atomic E-state index is -0.407. The van der Waals surface area contributed by atoms with Crippen molar-refractivity contribution in [3.05, 3.63) is 41.2 Å². The summed E-state index contributed by atoms with van der Waals surface area (Å²) in [7, 11) is 1.61. The Morgan fingerprint density at radius 2 is 2.15 bits per heavy atom. The second-order valence-corrected chi connectivity index (χ2v) is 5.92. The number of halogens is 1. The molecule has 1 aromatic carbocycles. The van der Waals surface area contributed by atoms with Gasteiger partial charge in [-0.25, -0.2) is 4.98 Å². The number of aromatic nitrogens is 3. The number of carbonyl (C=O) groups excluding carboxylic acids is 2. The van der Waals surface area contributed by atoms with Crippen molar-refractivity contribution >= 4 is 45.8 Å². The van der Waals surface area contributed by atoms with Crippen LogP contribution in [-0.4, -0.2) is 40.7 Å². The fourth-order valence-corrected chi connectivity index (χ4v) is 2.88. The number of fused-ring (bicyclic) bond motifs is 2. The van der Waals surface area contributed by atoms with Crippen LogP contribution in [0.25, 0.3) is 11.0 Å². The molecule has 1 aliphatic rings. The third-order valence-electron chi connectivity index (χ3n) is 3.96. The standard InChI is InChI=1S/C16H12ClN5O3.C2H6/c1-22-12-5-8(17)4-9(14(12)25-7-13(22)23)16(24)20-11-2-3-18-15-10(11)6-19-21-15;1-2/h2-6H,7H2,1H3,(H2,18,19,20,21,24);1-2H3. The summed E-state index contributed by atoms with van der Waals surface area (Å²) in [5.74, 6) is -0.299. The number of nitrogens with zero attached hydrogens (tertiary/aromatic N) is 3. The molecule has 3 heterocycles. The molecule has 2 aromatic heterocycles. The van der Waals surface area contributed by atoms with Crippen LogP contribution in [0.3, 0.4) is 0 Å². The van der Waals surface area contributed by atoms with Crippen LogP contribution in [0, 0.1) is 0 Å². The number of nitrogens with one attached hydrogen (secondary N) is 2. The van der Waals surface area contributed by atoms with Crippen molar-refractivity contribution in [1.29, 1.82) is 0 Å². The van der Waals surface area contributed by atoms with E-state index in [0.29, 0.717) is 33.2 Å². The molecule has 0 bridgehead atoms. The Morgan fingerprint density at radius 1 is 1.37 bits per heavy atom. The van der Waals surface area contributed by atoms with E-state index in [1.165, 1.54) is 11.0 Å². The molecule has 0 aliphatic carbocycles. The molecule has 4 rings (SSSR count). The maximum absolute atomic E-state index is 12.8. The average Bonchev–Trinajstić information content (AvgIpc) is 3.16. The number of hydrogen-bond acceptors (Lipinski definition) is 5. The lowest BCUT2D eigenvalue weighted by atomic mass is 10.1. The van der Waals surface area contributed by atoms with Gasteiger partial charge in [-0.2, -0.15) is 5.10 Å². The average molecular weight is 388 g/mol. The highest BCUT2D eigenvalue weighted by molar-refractivity contribution is 6.32. The van der Waals surface area contributed by atoms with E-state index in [0.717, 1.165) is 0 Å². The summed E-state index contributed by atoms with van der Waals surface area (Å²) in [6, 6.07) is 4.77. The number of benzene rings is 1. The van der Waals surface area contributed by atoms with Crippen LogP contribution in [0.15, 0.2) is 30.6 Å². The molecule has 3 aromatic rings. The van der Waals surface area contributed by atoms with Gasteiger partial charge in [0.2, 0.25) is 0 Å². The molecule has 0 radical (unpaired) electrons. The van der Waals surface area contributed by atoms with Gasteiger partial charge in [0.25, 0.3) is 11.8 Å². The van der Waals surface area contributed by atoms with Crippen molar-refractivity contribution in [2.24, 2.45) is 0 Å². The number of hydrogen-bond donors (Lipinski definition) is 2. The lowest BCUT2D eigenvalue weighted by molar-refractivity contribution is -0.121. The van der Waals surface area contributed by atoms with E-state index < -0.39 is 5.91 Å². The monoisotopic (exact) mass is 387 g/mol. The highest BCUT2D eigenvalue weighted by Gasteiger charge is 2.28. The van der Waals surface area contributed by atoms with Gasteiger partial charge in [-0.1, -0.05) is 25.4 Å². The number of likely N-dealkylation sites (N-methyl/N-ethyl adjacent to an activating group) is 1. The zero-order valence-corrected chi connectivity index (χ0v) is 15.8. The summed E-state index contributed by atoms with van der Waals surface area (Å²) < 4.78 is 5.48. The smallest absolute Gasteiger partial charge is 0.264 e. The van der Waals surface area contributed by atoms with Crippen molar-refractivity contribution in [2.45, 2.75) is 13.8 Å². The summed E-state index contributed by atoms with van der Waals surface area (Å²) in [5.41, 5.74) is 1.82. The second-order valence-electron chi connectivity index (χ2n) is 5.49. The van der Waals surface area contributed by atoms with Crippen molar-refractivity contribution in [3.63, 3.8) is 0 Å². The van der Waals surface area contributed by atoms with Crippen molar-refractivity contribution in [2.75, 3.05) is 23.9 Å². The summed E-state index contributed by atoms with van der Waals surface area (Å²) in [6.07, 6.45) is 3.14. The molecule has 0 unspecified atom stereocenters. The van der Waals surface area contributed by atoms with Gasteiger partial charge in [0.15, 0.2) is 18.0 Å². The topological polar surface area (TPSA) is 100 Å². The number of ether oxygens (including phenoxy) is 1. The molecule has 9 heteroatoms. The Bertz CT molecular complexity index is 1020. The van der Waals surface area contributed by atoms with E-state index in [-0.39, 0.29) is 18.1 Å². The Morgan fingerprint density at radius 3 is 2.93 bits per heavy atom. The molecular weight excluding hydrogens is 370 g/mol. The molecule has 140 valence electrons. The van der Waals surface area contributed by atoms with Gasteiger partial charge in [0.1, 0.15) is 0 Å². The minimum absolute atomic E-state index is 0.132. The van der Waals surface area contributed by atoms with Gasteiger partial charge >= 0.3 is 0 Å². The van der Waals surface area contributed by atoms with Crippen LogP contribution in [0.2, 0.25) is 5.02 Å². The van der Waals surface area contributed by atoms with Crippen LogP contribution in [-0.2, 0) is 4.79 Å². The second kappa shape index (κ2) is 7.63. The highest BCUT2D eigenvalue weighted by Crippen LogP contribution is 2.38. The number of carbonyl (C=O) groups is 2. The van der Waals surface area contributed by atoms with Crippen LogP contribution in [0.1, 0.15) is 24.2 Å². The molecule has 0 fully saturated rings. The number of amides is 2. The maximum Gasteiger partial charge on any atom is 0.264 e. The van der Waals surface area contributed by atoms with Crippen LogP contribution < -0.4 is 15.0 Å². The fourth-order valence-electron chi connectivity index (χ4n) is 2.66. The van der Waals surface area contributed by atoms with Crippen molar-refractivity contribution in [3.8, 4) is 5.75 Å². The van der Waals surface area contributed by atoms with Gasteiger partial charge in [0, 0.05) is 18.3 Å². The Labute approximate surface area is 160 Å². The number of pyridine rings is 1. The molecule has 2 N–H and O–H groups in total. The third-order valence-corrected chi connectivity index (χ3v) is 4.17. The normalized spacial score (nSPS) is 12.7. The van der Waals surface area contributed by atoms with Crippen molar-refractivity contribution < 1.29 is 14.3 Å². The molecule has 0 saturated heterocycles. The molecule has 0 atom stereocenters. The van der Waals surface area contributed by atoms with Gasteiger partial charge in [-0.05, 0) is 18.2 Å². The number of anilines is 2. The minimum Gasteiger partial charge on any atom is -0.481 e. The first-order chi connectivity index (χ1) is 13.0. The first kappa shape index (κ1) is 18.7. The molecular formula is C18H18ClN5O3. The molecule has 27 heavy (non-hydrogen) atoms. The van der Waals surface area contributed by atoms with E-state index >= 15 is 0 Å².